The van der Waals surface area contributed by atoms with E-state index in [1.165, 1.54) is 0 Å². The van der Waals surface area contributed by atoms with E-state index in [1.807, 2.05) is 42.0 Å². The molecule has 17 heavy (non-hydrogen) atoms. The molecule has 0 saturated carbocycles. The molecule has 1 aromatic carbocycles. The summed E-state index contributed by atoms with van der Waals surface area (Å²) in [6.07, 6.45) is 3.99. The first kappa shape index (κ1) is 11.6. The Bertz CT molecular complexity index is 524. The zero-order chi connectivity index (χ0) is 12.3. The van der Waals surface area contributed by atoms with Gasteiger partial charge in [0.2, 0.25) is 0 Å². The highest BCUT2D eigenvalue weighted by atomic mass is 15.3. The lowest BCUT2D eigenvalue weighted by Crippen LogP contribution is -1.98. The van der Waals surface area contributed by atoms with Crippen LogP contribution in [0.25, 0.3) is 11.8 Å². The molecule has 2 aromatic rings. The Morgan fingerprint density at radius 3 is 2.59 bits per heavy atom. The molecule has 0 radical (unpaired) electrons. The lowest BCUT2D eigenvalue weighted by molar-refractivity contribution is 0.833. The highest BCUT2D eigenvalue weighted by Crippen LogP contribution is 2.18. The van der Waals surface area contributed by atoms with Gasteiger partial charge in [0.25, 0.3) is 0 Å². The molecule has 88 valence electrons. The average Bonchev–Trinajstić information content (AvgIpc) is 2.64. The van der Waals surface area contributed by atoms with Gasteiger partial charge in [0, 0.05) is 17.8 Å². The van der Waals surface area contributed by atoms with E-state index < -0.39 is 0 Å². The molecule has 0 saturated heterocycles. The molecular formula is C14H17N3. The summed E-state index contributed by atoms with van der Waals surface area (Å²) in [5, 5.41) is 4.56. The first-order valence-electron chi connectivity index (χ1n) is 5.72. The fourth-order valence-electron chi connectivity index (χ4n) is 1.90. The van der Waals surface area contributed by atoms with Gasteiger partial charge in [-0.1, -0.05) is 30.4 Å². The third-order valence-electron chi connectivity index (χ3n) is 2.77. The Kier molecular flexibility index (Phi) is 3.40. The van der Waals surface area contributed by atoms with Crippen LogP contribution in [0.4, 0.5) is 0 Å². The molecule has 0 amide bonds. The van der Waals surface area contributed by atoms with Crippen molar-refractivity contribution in [1.82, 2.24) is 9.78 Å². The van der Waals surface area contributed by atoms with Crippen LogP contribution in [0.2, 0.25) is 0 Å². The number of aromatic nitrogens is 2. The Morgan fingerprint density at radius 1 is 1.24 bits per heavy atom. The minimum absolute atomic E-state index is 0.551. The Morgan fingerprint density at radius 2 is 1.94 bits per heavy atom. The van der Waals surface area contributed by atoms with Crippen LogP contribution in [0, 0.1) is 13.8 Å². The SMILES string of the molecule is Cc1nn(-c2ccccc2)c(C)c1C=CCN. The van der Waals surface area contributed by atoms with Crippen LogP contribution >= 0.6 is 0 Å². The van der Waals surface area contributed by atoms with Crippen LogP contribution in [0.3, 0.4) is 0 Å². The summed E-state index contributed by atoms with van der Waals surface area (Å²) >= 11 is 0. The maximum atomic E-state index is 5.48. The molecule has 0 spiro atoms. The number of rotatable bonds is 3. The second-order valence-electron chi connectivity index (χ2n) is 3.97. The van der Waals surface area contributed by atoms with Gasteiger partial charge in [0.15, 0.2) is 0 Å². The molecular weight excluding hydrogens is 210 g/mol. The maximum absolute atomic E-state index is 5.48. The first-order chi connectivity index (χ1) is 8.24. The quantitative estimate of drug-likeness (QED) is 0.875. The van der Waals surface area contributed by atoms with Crippen LogP contribution in [0.1, 0.15) is 17.0 Å². The number of para-hydroxylation sites is 1. The van der Waals surface area contributed by atoms with E-state index in [1.54, 1.807) is 0 Å². The van der Waals surface area contributed by atoms with E-state index in [2.05, 4.69) is 24.2 Å². The van der Waals surface area contributed by atoms with Crippen molar-refractivity contribution in [3.63, 3.8) is 0 Å². The minimum Gasteiger partial charge on any atom is -0.327 e. The van der Waals surface area contributed by atoms with Crippen molar-refractivity contribution in [3.05, 3.63) is 53.4 Å². The fourth-order valence-corrected chi connectivity index (χ4v) is 1.90. The van der Waals surface area contributed by atoms with E-state index >= 15 is 0 Å². The zero-order valence-corrected chi connectivity index (χ0v) is 10.2. The van der Waals surface area contributed by atoms with Gasteiger partial charge < -0.3 is 5.73 Å². The molecule has 0 aliphatic rings. The van der Waals surface area contributed by atoms with E-state index in [-0.39, 0.29) is 0 Å². The second-order valence-corrected chi connectivity index (χ2v) is 3.97. The van der Waals surface area contributed by atoms with Crippen molar-refractivity contribution in [2.75, 3.05) is 6.54 Å². The predicted molar refractivity (Wildman–Crippen MR) is 71.1 cm³/mol. The molecule has 0 atom stereocenters. The lowest BCUT2D eigenvalue weighted by atomic mass is 10.2. The lowest BCUT2D eigenvalue weighted by Gasteiger charge is -2.03. The summed E-state index contributed by atoms with van der Waals surface area (Å²) in [5.41, 5.74) is 9.88. The van der Waals surface area contributed by atoms with E-state index in [4.69, 9.17) is 5.73 Å². The van der Waals surface area contributed by atoms with Crippen LogP contribution in [0.15, 0.2) is 36.4 Å². The molecule has 0 fully saturated rings. The molecule has 0 aliphatic heterocycles. The zero-order valence-electron chi connectivity index (χ0n) is 10.2. The molecule has 3 nitrogen and oxygen atoms in total. The molecule has 0 bridgehead atoms. The number of aryl methyl sites for hydroxylation is 1. The van der Waals surface area contributed by atoms with Crippen molar-refractivity contribution >= 4 is 6.08 Å². The third kappa shape index (κ3) is 2.29. The summed E-state index contributed by atoms with van der Waals surface area (Å²) in [5.74, 6) is 0. The molecule has 2 rings (SSSR count). The topological polar surface area (TPSA) is 43.8 Å². The number of nitrogens with two attached hydrogens (primary N) is 1. The maximum Gasteiger partial charge on any atom is 0.0673 e. The molecule has 3 heteroatoms. The molecule has 1 aromatic heterocycles. The van der Waals surface area contributed by atoms with Gasteiger partial charge in [-0.2, -0.15) is 5.10 Å². The van der Waals surface area contributed by atoms with Gasteiger partial charge >= 0.3 is 0 Å². The normalized spacial score (nSPS) is 11.2. The smallest absolute Gasteiger partial charge is 0.0673 e. The number of hydrogen-bond donors (Lipinski definition) is 1. The van der Waals surface area contributed by atoms with Crippen LogP contribution in [-0.2, 0) is 0 Å². The highest BCUT2D eigenvalue weighted by Gasteiger charge is 2.09. The molecule has 2 N–H and O–H groups in total. The minimum atomic E-state index is 0.551. The Labute approximate surface area is 102 Å². The van der Waals surface area contributed by atoms with Crippen LogP contribution in [-0.4, -0.2) is 16.3 Å². The number of benzene rings is 1. The van der Waals surface area contributed by atoms with E-state index in [9.17, 15) is 0 Å². The van der Waals surface area contributed by atoms with Crippen molar-refractivity contribution in [1.29, 1.82) is 0 Å². The van der Waals surface area contributed by atoms with Crippen LogP contribution < -0.4 is 5.73 Å². The summed E-state index contributed by atoms with van der Waals surface area (Å²) < 4.78 is 1.96. The standard InChI is InChI=1S/C14H17N3/c1-11-14(9-6-10-15)12(2)17(16-11)13-7-4-3-5-8-13/h3-9H,10,15H2,1-2H3. The predicted octanol–water partition coefficient (Wildman–Crippen LogP) is 2.46. The number of hydrogen-bond acceptors (Lipinski definition) is 2. The average molecular weight is 227 g/mol. The Balaban J connectivity index is 2.48. The van der Waals surface area contributed by atoms with Crippen molar-refractivity contribution in [2.45, 2.75) is 13.8 Å². The number of nitrogens with zero attached hydrogens (tertiary/aromatic N) is 2. The summed E-state index contributed by atoms with van der Waals surface area (Å²) in [6.45, 7) is 4.64. The van der Waals surface area contributed by atoms with E-state index in [0.717, 1.165) is 22.6 Å². The van der Waals surface area contributed by atoms with Gasteiger partial charge in [-0.15, -0.1) is 0 Å². The molecule has 1 heterocycles. The summed E-state index contributed by atoms with van der Waals surface area (Å²) in [7, 11) is 0. The summed E-state index contributed by atoms with van der Waals surface area (Å²) in [6, 6.07) is 10.1. The fraction of sp³-hybridized carbons (Fsp3) is 0.214. The van der Waals surface area contributed by atoms with Gasteiger partial charge in [0.1, 0.15) is 0 Å². The highest BCUT2D eigenvalue weighted by molar-refractivity contribution is 5.56. The van der Waals surface area contributed by atoms with E-state index in [0.29, 0.717) is 6.54 Å². The first-order valence-corrected chi connectivity index (χ1v) is 5.72. The van der Waals surface area contributed by atoms with Gasteiger partial charge in [-0.25, -0.2) is 4.68 Å². The third-order valence-corrected chi connectivity index (χ3v) is 2.77. The van der Waals surface area contributed by atoms with Crippen molar-refractivity contribution < 1.29 is 0 Å². The summed E-state index contributed by atoms with van der Waals surface area (Å²) in [4.78, 5) is 0. The Hall–Kier alpha value is -1.87. The van der Waals surface area contributed by atoms with Gasteiger partial charge in [0.05, 0.1) is 11.4 Å². The van der Waals surface area contributed by atoms with Gasteiger partial charge in [-0.05, 0) is 26.0 Å². The molecule has 0 unspecified atom stereocenters. The second kappa shape index (κ2) is 4.97. The van der Waals surface area contributed by atoms with Crippen molar-refractivity contribution in [2.24, 2.45) is 5.73 Å². The largest absolute Gasteiger partial charge is 0.327 e. The van der Waals surface area contributed by atoms with Crippen LogP contribution in [0.5, 0.6) is 0 Å². The molecule has 0 aliphatic carbocycles. The van der Waals surface area contributed by atoms with Gasteiger partial charge in [-0.3, -0.25) is 0 Å². The monoisotopic (exact) mass is 227 g/mol. The van der Waals surface area contributed by atoms with Crippen molar-refractivity contribution in [3.8, 4) is 5.69 Å².